The highest BCUT2D eigenvalue weighted by molar-refractivity contribution is 5.95. The molecule has 1 fully saturated rings. The molecule has 172 valence electrons. The van der Waals surface area contributed by atoms with Crippen LogP contribution in [0, 0.1) is 0 Å². The molecule has 0 bridgehead atoms. The average Bonchev–Trinajstić information content (AvgIpc) is 3.49. The van der Waals surface area contributed by atoms with E-state index in [2.05, 4.69) is 32.7 Å². The molecule has 0 radical (unpaired) electrons. The smallest absolute Gasteiger partial charge is 0.251 e. The molecule has 1 amide bonds. The molecule has 2 aromatic carbocycles. The van der Waals surface area contributed by atoms with E-state index in [0.29, 0.717) is 5.56 Å². The number of nitrogens with one attached hydrogen (secondary N) is 3. The Hall–Kier alpha value is -4.65. The van der Waals surface area contributed by atoms with Crippen molar-refractivity contribution in [1.82, 2.24) is 19.7 Å². The van der Waals surface area contributed by atoms with Gasteiger partial charge in [0.25, 0.3) is 5.91 Å². The Morgan fingerprint density at radius 1 is 0.971 bits per heavy atom. The van der Waals surface area contributed by atoms with Crippen LogP contribution in [-0.2, 0) is 5.54 Å². The van der Waals surface area contributed by atoms with Gasteiger partial charge in [-0.05, 0) is 60.9 Å². The third-order valence-electron chi connectivity index (χ3n) is 6.48. The van der Waals surface area contributed by atoms with Crippen LogP contribution in [0.25, 0.3) is 16.9 Å². The van der Waals surface area contributed by atoms with Crippen LogP contribution < -0.4 is 16.2 Å². The van der Waals surface area contributed by atoms with Crippen molar-refractivity contribution in [3.05, 3.63) is 119 Å². The highest BCUT2D eigenvalue weighted by atomic mass is 16.2. The maximum atomic E-state index is 12.9. The predicted molar refractivity (Wildman–Crippen MR) is 136 cm³/mol. The van der Waals surface area contributed by atoms with Crippen molar-refractivity contribution in [3.63, 3.8) is 0 Å². The maximum Gasteiger partial charge on any atom is 0.251 e. The lowest BCUT2D eigenvalue weighted by Gasteiger charge is -2.18. The fourth-order valence-electron chi connectivity index (χ4n) is 4.47. The molecular weight excluding hydrogens is 438 g/mol. The summed E-state index contributed by atoms with van der Waals surface area (Å²) in [5.41, 5.74) is 5.46. The summed E-state index contributed by atoms with van der Waals surface area (Å²) in [7, 11) is 0. The third-order valence-corrected chi connectivity index (χ3v) is 6.48. The van der Waals surface area contributed by atoms with Gasteiger partial charge >= 0.3 is 0 Å². The van der Waals surface area contributed by atoms with Crippen molar-refractivity contribution in [3.8, 4) is 11.3 Å². The van der Waals surface area contributed by atoms with E-state index in [1.807, 2.05) is 71.3 Å². The zero-order valence-electron chi connectivity index (χ0n) is 18.9. The highest BCUT2D eigenvalue weighted by Gasteiger charge is 2.45. The van der Waals surface area contributed by atoms with Crippen LogP contribution in [0.1, 0.15) is 28.8 Å². The van der Waals surface area contributed by atoms with Crippen LogP contribution >= 0.6 is 0 Å². The van der Waals surface area contributed by atoms with Crippen LogP contribution in [0.3, 0.4) is 0 Å². The summed E-state index contributed by atoms with van der Waals surface area (Å²) in [6.45, 7) is 0. The Morgan fingerprint density at radius 2 is 1.77 bits per heavy atom. The Kier molecular flexibility index (Phi) is 4.95. The molecule has 7 heteroatoms. The zero-order chi connectivity index (χ0) is 23.8. The molecule has 6 rings (SSSR count). The Labute approximate surface area is 201 Å². The Balaban J connectivity index is 1.21. The lowest BCUT2D eigenvalue weighted by atomic mass is 10.0. The number of amides is 1. The first kappa shape index (κ1) is 20.9. The third kappa shape index (κ3) is 3.97. The van der Waals surface area contributed by atoms with Crippen molar-refractivity contribution in [2.24, 2.45) is 0 Å². The van der Waals surface area contributed by atoms with Gasteiger partial charge < -0.3 is 15.6 Å². The van der Waals surface area contributed by atoms with Gasteiger partial charge in [0, 0.05) is 41.5 Å². The minimum absolute atomic E-state index is 0.0734. The second-order valence-electron chi connectivity index (χ2n) is 8.80. The van der Waals surface area contributed by atoms with Gasteiger partial charge in [0.15, 0.2) is 5.65 Å². The largest absolute Gasteiger partial charge is 0.352 e. The zero-order valence-corrected chi connectivity index (χ0v) is 18.9. The van der Waals surface area contributed by atoms with E-state index in [9.17, 15) is 9.59 Å². The number of aromatic nitrogens is 3. The summed E-state index contributed by atoms with van der Waals surface area (Å²) in [4.78, 5) is 31.8. The lowest BCUT2D eigenvalue weighted by Crippen LogP contribution is -2.34. The molecule has 0 unspecified atom stereocenters. The molecule has 0 atom stereocenters. The molecule has 7 nitrogen and oxygen atoms in total. The first-order valence-corrected chi connectivity index (χ1v) is 11.5. The van der Waals surface area contributed by atoms with E-state index in [1.165, 1.54) is 0 Å². The summed E-state index contributed by atoms with van der Waals surface area (Å²) >= 11 is 0. The number of benzene rings is 2. The van der Waals surface area contributed by atoms with Gasteiger partial charge in [-0.25, -0.2) is 4.98 Å². The van der Waals surface area contributed by atoms with E-state index in [4.69, 9.17) is 0 Å². The quantitative estimate of drug-likeness (QED) is 0.337. The van der Waals surface area contributed by atoms with Crippen LogP contribution in [0.4, 0.5) is 11.4 Å². The van der Waals surface area contributed by atoms with Crippen LogP contribution in [0.5, 0.6) is 0 Å². The van der Waals surface area contributed by atoms with Crippen molar-refractivity contribution < 1.29 is 4.79 Å². The number of nitrogens with zero attached hydrogens (tertiary/aromatic N) is 2. The molecule has 0 aliphatic heterocycles. The molecule has 1 aliphatic rings. The van der Waals surface area contributed by atoms with E-state index in [0.717, 1.165) is 46.7 Å². The van der Waals surface area contributed by atoms with Gasteiger partial charge in [-0.3, -0.25) is 14.0 Å². The molecule has 3 heterocycles. The molecule has 3 N–H and O–H groups in total. The SMILES string of the molecule is O=C(NC1(c2ccccc2)CC1)c1ccc(Nc2ccc(-c3cc[nH]c(=O)c3)n3ccnc23)cc1. The van der Waals surface area contributed by atoms with Gasteiger partial charge in [-0.2, -0.15) is 0 Å². The summed E-state index contributed by atoms with van der Waals surface area (Å²) in [5, 5.41) is 6.61. The number of hydrogen-bond donors (Lipinski definition) is 3. The first-order valence-electron chi connectivity index (χ1n) is 11.5. The summed E-state index contributed by atoms with van der Waals surface area (Å²) < 4.78 is 1.94. The number of carbonyl (C=O) groups is 1. The van der Waals surface area contributed by atoms with Crippen LogP contribution in [0.15, 0.2) is 102 Å². The van der Waals surface area contributed by atoms with Gasteiger partial charge in [0.2, 0.25) is 5.56 Å². The highest BCUT2D eigenvalue weighted by Crippen LogP contribution is 2.45. The number of hydrogen-bond acceptors (Lipinski definition) is 4. The minimum Gasteiger partial charge on any atom is -0.352 e. The van der Waals surface area contributed by atoms with E-state index >= 15 is 0 Å². The fourth-order valence-corrected chi connectivity index (χ4v) is 4.47. The normalized spacial score (nSPS) is 13.9. The summed E-state index contributed by atoms with van der Waals surface area (Å²) in [6.07, 6.45) is 7.14. The number of fused-ring (bicyclic) bond motifs is 1. The van der Waals surface area contributed by atoms with E-state index in [-0.39, 0.29) is 17.0 Å². The van der Waals surface area contributed by atoms with E-state index < -0.39 is 0 Å². The fraction of sp³-hybridized carbons (Fsp3) is 0.107. The van der Waals surface area contributed by atoms with Crippen molar-refractivity contribution >= 4 is 22.9 Å². The molecular formula is C28H23N5O2. The molecule has 0 spiro atoms. The minimum atomic E-state index is -0.243. The molecule has 35 heavy (non-hydrogen) atoms. The number of aromatic amines is 1. The summed E-state index contributed by atoms with van der Waals surface area (Å²) in [5.74, 6) is -0.0734. The molecule has 5 aromatic rings. The van der Waals surface area contributed by atoms with Gasteiger partial charge in [0.1, 0.15) is 0 Å². The molecule has 0 saturated heterocycles. The number of imidazole rings is 1. The maximum absolute atomic E-state index is 12.9. The average molecular weight is 462 g/mol. The second kappa shape index (κ2) is 8.29. The number of rotatable bonds is 6. The molecule has 1 saturated carbocycles. The number of pyridine rings is 2. The Bertz CT molecular complexity index is 1580. The van der Waals surface area contributed by atoms with Gasteiger partial charge in [-0.15, -0.1) is 0 Å². The molecule has 1 aliphatic carbocycles. The van der Waals surface area contributed by atoms with Gasteiger partial charge in [0.05, 0.1) is 16.9 Å². The monoisotopic (exact) mass is 461 g/mol. The van der Waals surface area contributed by atoms with Crippen molar-refractivity contribution in [2.45, 2.75) is 18.4 Å². The predicted octanol–water partition coefficient (Wildman–Crippen LogP) is 4.85. The number of anilines is 2. The Morgan fingerprint density at radius 3 is 2.51 bits per heavy atom. The number of carbonyl (C=O) groups excluding carboxylic acids is 1. The van der Waals surface area contributed by atoms with Crippen LogP contribution in [-0.4, -0.2) is 20.3 Å². The first-order chi connectivity index (χ1) is 17.1. The van der Waals surface area contributed by atoms with Crippen molar-refractivity contribution in [2.75, 3.05) is 5.32 Å². The van der Waals surface area contributed by atoms with Gasteiger partial charge in [-0.1, -0.05) is 30.3 Å². The standard InChI is InChI=1S/C28H23N5O2/c34-25-18-20(12-15-29-25)24-11-10-23(26-30-16-17-33(24)26)31-22-8-6-19(7-9-22)27(35)32-28(13-14-28)21-4-2-1-3-5-21/h1-12,15-18,31H,13-14H2,(H,29,34)(H,32,35). The number of H-pyrrole nitrogens is 1. The second-order valence-corrected chi connectivity index (χ2v) is 8.80. The van der Waals surface area contributed by atoms with Crippen LogP contribution in [0.2, 0.25) is 0 Å². The van der Waals surface area contributed by atoms with E-state index in [1.54, 1.807) is 18.5 Å². The molecule has 3 aromatic heterocycles. The topological polar surface area (TPSA) is 91.3 Å². The lowest BCUT2D eigenvalue weighted by molar-refractivity contribution is 0.0931. The van der Waals surface area contributed by atoms with Crippen molar-refractivity contribution in [1.29, 1.82) is 0 Å². The summed E-state index contributed by atoms with van der Waals surface area (Å²) in [6, 6.07) is 24.9.